The highest BCUT2D eigenvalue weighted by Gasteiger charge is 2.57. The van der Waals surface area contributed by atoms with Gasteiger partial charge in [0, 0.05) is 17.0 Å². The average Bonchev–Trinajstić information content (AvgIpc) is 3.28. The molecule has 3 atom stereocenters. The molecule has 1 aromatic carbocycles. The third-order valence-electron chi connectivity index (χ3n) is 8.02. The molecule has 2 aromatic rings. The summed E-state index contributed by atoms with van der Waals surface area (Å²) in [6, 6.07) is 6.03. The summed E-state index contributed by atoms with van der Waals surface area (Å²) >= 11 is 6.57. The van der Waals surface area contributed by atoms with Crippen LogP contribution in [0.15, 0.2) is 22.7 Å². The van der Waals surface area contributed by atoms with Crippen LogP contribution >= 0.6 is 11.6 Å². The fourth-order valence-corrected chi connectivity index (χ4v) is 6.92. The average molecular weight is 398 g/mol. The van der Waals surface area contributed by atoms with Crippen LogP contribution in [0.5, 0.6) is 0 Å². The lowest BCUT2D eigenvalue weighted by Gasteiger charge is -2.38. The summed E-state index contributed by atoms with van der Waals surface area (Å²) in [7, 11) is 0. The number of fused-ring (bicyclic) bond motifs is 2. The maximum Gasteiger partial charge on any atom is 0.145 e. The number of aryl methyl sites for hydroxylation is 1. The van der Waals surface area contributed by atoms with E-state index >= 15 is 0 Å². The number of hydrogen-bond donors (Lipinski definition) is 0. The van der Waals surface area contributed by atoms with Crippen molar-refractivity contribution in [2.45, 2.75) is 82.8 Å². The van der Waals surface area contributed by atoms with Gasteiger partial charge in [-0.1, -0.05) is 28.9 Å². The van der Waals surface area contributed by atoms with Crippen molar-refractivity contribution >= 4 is 11.6 Å². The van der Waals surface area contributed by atoms with Crippen LogP contribution in [0.2, 0.25) is 5.02 Å². The zero-order valence-corrected chi connectivity index (χ0v) is 17.4. The van der Waals surface area contributed by atoms with E-state index in [4.69, 9.17) is 20.9 Å². The minimum Gasteiger partial charge on any atom is -0.370 e. The van der Waals surface area contributed by atoms with Gasteiger partial charge in [-0.05, 0) is 87.7 Å². The van der Waals surface area contributed by atoms with Crippen LogP contribution in [0.25, 0.3) is 11.3 Å². The lowest BCUT2D eigenvalue weighted by atomic mass is 9.75. The Bertz CT molecular complexity index is 912. The summed E-state index contributed by atoms with van der Waals surface area (Å²) in [5.41, 5.74) is 4.86. The van der Waals surface area contributed by atoms with Crippen LogP contribution in [-0.2, 0) is 11.3 Å². The summed E-state index contributed by atoms with van der Waals surface area (Å²) in [5, 5.41) is 5.23. The van der Waals surface area contributed by atoms with Gasteiger partial charge < -0.3 is 9.26 Å². The third kappa shape index (κ3) is 2.69. The van der Waals surface area contributed by atoms with Gasteiger partial charge in [-0.15, -0.1) is 0 Å². The molecule has 4 fully saturated rings. The van der Waals surface area contributed by atoms with Crippen LogP contribution in [0.3, 0.4) is 0 Å². The highest BCUT2D eigenvalue weighted by atomic mass is 35.5. The summed E-state index contributed by atoms with van der Waals surface area (Å²) in [4.78, 5) is 0. The first kappa shape index (κ1) is 17.5. The van der Waals surface area contributed by atoms with Crippen LogP contribution in [0, 0.1) is 18.3 Å². The van der Waals surface area contributed by atoms with Gasteiger partial charge in [0.05, 0.1) is 17.2 Å². The van der Waals surface area contributed by atoms with E-state index in [9.17, 15) is 0 Å². The molecule has 1 aromatic heterocycles. The summed E-state index contributed by atoms with van der Waals surface area (Å²) in [6.45, 7) is 2.70. The molecule has 4 heteroatoms. The van der Waals surface area contributed by atoms with Gasteiger partial charge in [0.2, 0.25) is 0 Å². The molecule has 1 spiro atoms. The fourth-order valence-electron chi connectivity index (χ4n) is 6.61. The Morgan fingerprint density at radius 2 is 2.07 bits per heavy atom. The highest BCUT2D eigenvalue weighted by Crippen LogP contribution is 2.64. The molecule has 3 bridgehead atoms. The van der Waals surface area contributed by atoms with Gasteiger partial charge >= 0.3 is 0 Å². The van der Waals surface area contributed by atoms with Gasteiger partial charge in [-0.3, -0.25) is 0 Å². The molecular weight excluding hydrogens is 370 g/mol. The predicted octanol–water partition coefficient (Wildman–Crippen LogP) is 6.81. The molecule has 0 N–H and O–H groups in total. The van der Waals surface area contributed by atoms with E-state index in [1.807, 2.05) is 12.1 Å². The molecule has 0 radical (unpaired) electrons. The fraction of sp³-hybridized carbons (Fsp3) is 0.625. The second kappa shape index (κ2) is 6.09. The van der Waals surface area contributed by atoms with Crippen molar-refractivity contribution in [1.29, 1.82) is 0 Å². The number of hydrogen-bond acceptors (Lipinski definition) is 3. The molecule has 6 rings (SSSR count). The first-order valence-corrected chi connectivity index (χ1v) is 11.3. The Morgan fingerprint density at radius 3 is 2.89 bits per heavy atom. The standard InChI is InChI=1S/C24H28ClNO2/c1-15-3-2-4-19(25)20(15)21-18(22(28-26-21)17-5-6-17)13-27-24-10-9-23(14-24)8-7-16(11-23)12-24/h2-4,16-17H,5-14H2,1H3/t16?,23-,24-/m0/s1. The van der Waals surface area contributed by atoms with E-state index in [2.05, 4.69) is 18.1 Å². The Morgan fingerprint density at radius 1 is 1.18 bits per heavy atom. The topological polar surface area (TPSA) is 35.3 Å². The van der Waals surface area contributed by atoms with Crippen LogP contribution in [0.4, 0.5) is 0 Å². The van der Waals surface area contributed by atoms with Gasteiger partial charge in [0.15, 0.2) is 0 Å². The lowest BCUT2D eigenvalue weighted by molar-refractivity contribution is -0.0829. The largest absolute Gasteiger partial charge is 0.370 e. The number of aromatic nitrogens is 1. The summed E-state index contributed by atoms with van der Waals surface area (Å²) in [6.07, 6.45) is 11.8. The van der Waals surface area contributed by atoms with E-state index in [0.717, 1.165) is 39.1 Å². The number of halogens is 1. The molecule has 4 saturated carbocycles. The highest BCUT2D eigenvalue weighted by molar-refractivity contribution is 6.33. The Hall–Kier alpha value is -1.32. The van der Waals surface area contributed by atoms with Crippen LogP contribution < -0.4 is 0 Å². The maximum absolute atomic E-state index is 6.80. The monoisotopic (exact) mass is 397 g/mol. The Labute approximate surface area is 171 Å². The van der Waals surface area contributed by atoms with E-state index in [1.165, 1.54) is 57.8 Å². The van der Waals surface area contributed by atoms with Gasteiger partial charge in [-0.25, -0.2) is 0 Å². The first-order chi connectivity index (χ1) is 13.6. The van der Waals surface area contributed by atoms with Crippen LogP contribution in [0.1, 0.15) is 80.6 Å². The molecule has 28 heavy (non-hydrogen) atoms. The minimum atomic E-state index is 0.0876. The molecule has 4 aliphatic carbocycles. The van der Waals surface area contributed by atoms with Crippen molar-refractivity contribution < 1.29 is 9.26 Å². The molecular formula is C24H28ClNO2. The number of rotatable bonds is 5. The second-order valence-electron chi connectivity index (χ2n) is 10.0. The number of nitrogens with zero attached hydrogens (tertiary/aromatic N) is 1. The van der Waals surface area contributed by atoms with Crippen molar-refractivity contribution in [3.05, 3.63) is 40.1 Å². The van der Waals surface area contributed by atoms with Crippen LogP contribution in [-0.4, -0.2) is 10.8 Å². The Kier molecular flexibility index (Phi) is 3.81. The predicted molar refractivity (Wildman–Crippen MR) is 109 cm³/mol. The SMILES string of the molecule is Cc1cccc(Cl)c1-c1noc(C2CC2)c1CO[C@@]12CC[C@]3(CCC(C3)C1)C2. The number of benzene rings is 1. The van der Waals surface area contributed by atoms with E-state index < -0.39 is 0 Å². The molecule has 1 heterocycles. The lowest BCUT2D eigenvalue weighted by Crippen LogP contribution is -2.36. The third-order valence-corrected chi connectivity index (χ3v) is 8.34. The smallest absolute Gasteiger partial charge is 0.145 e. The Balaban J connectivity index is 1.34. The van der Waals surface area contributed by atoms with Crippen molar-refractivity contribution in [3.8, 4) is 11.3 Å². The molecule has 1 unspecified atom stereocenters. The minimum absolute atomic E-state index is 0.0876. The number of ether oxygens (including phenoxy) is 1. The van der Waals surface area contributed by atoms with Gasteiger partial charge in [0.1, 0.15) is 11.5 Å². The van der Waals surface area contributed by atoms with Crippen molar-refractivity contribution in [3.63, 3.8) is 0 Å². The summed E-state index contributed by atoms with van der Waals surface area (Å²) in [5.74, 6) is 2.43. The molecule has 0 aliphatic heterocycles. The second-order valence-corrected chi connectivity index (χ2v) is 10.4. The van der Waals surface area contributed by atoms with Crippen molar-refractivity contribution in [2.24, 2.45) is 11.3 Å². The first-order valence-electron chi connectivity index (χ1n) is 10.9. The quantitative estimate of drug-likeness (QED) is 0.555. The van der Waals surface area contributed by atoms with E-state index in [1.54, 1.807) is 0 Å². The molecule has 4 aliphatic rings. The van der Waals surface area contributed by atoms with Crippen molar-refractivity contribution in [2.75, 3.05) is 0 Å². The maximum atomic E-state index is 6.80. The normalized spacial score (nSPS) is 33.6. The van der Waals surface area contributed by atoms with Gasteiger partial charge in [0.25, 0.3) is 0 Å². The molecule has 3 nitrogen and oxygen atoms in total. The molecule has 148 valence electrons. The van der Waals surface area contributed by atoms with E-state index in [-0.39, 0.29) is 5.60 Å². The van der Waals surface area contributed by atoms with E-state index in [0.29, 0.717) is 17.9 Å². The van der Waals surface area contributed by atoms with Gasteiger partial charge in [-0.2, -0.15) is 0 Å². The summed E-state index contributed by atoms with van der Waals surface area (Å²) < 4.78 is 12.7. The zero-order valence-electron chi connectivity index (χ0n) is 16.6. The molecule has 0 saturated heterocycles. The molecule has 0 amide bonds. The zero-order chi connectivity index (χ0) is 18.9. The van der Waals surface area contributed by atoms with Crippen molar-refractivity contribution in [1.82, 2.24) is 5.16 Å².